The fourth-order valence-electron chi connectivity index (χ4n) is 5.25. The molecule has 1 nitrogen and oxygen atoms in total. The van der Waals surface area contributed by atoms with Crippen molar-refractivity contribution >= 4 is 21.8 Å². The highest BCUT2D eigenvalue weighted by atomic mass is 14.7. The van der Waals surface area contributed by atoms with E-state index in [0.29, 0.717) is 0 Å². The number of benzene rings is 3. The number of hydrogen-bond donors (Lipinski definition) is 1. The van der Waals surface area contributed by atoms with E-state index in [1.165, 1.54) is 44.1 Å². The standard InChI is InChI=1S/C27H29N/c1-25(2)21-15-20-19-14-18(17-10-8-7-9-11-17)12-13-23(19)28-24(20)16-22(21)26(3,4)27(25,5)6/h7-16,28H,1-6H3. The van der Waals surface area contributed by atoms with E-state index in [1.807, 2.05) is 0 Å². The average molecular weight is 368 g/mol. The van der Waals surface area contributed by atoms with Crippen LogP contribution in [0.4, 0.5) is 0 Å². The van der Waals surface area contributed by atoms with E-state index in [1.54, 1.807) is 0 Å². The number of H-pyrrole nitrogens is 1. The van der Waals surface area contributed by atoms with Gasteiger partial charge < -0.3 is 4.98 Å². The highest BCUT2D eigenvalue weighted by Gasteiger charge is 2.56. The molecule has 1 aromatic heterocycles. The zero-order valence-electron chi connectivity index (χ0n) is 17.8. The first-order valence-corrected chi connectivity index (χ1v) is 10.3. The smallest absolute Gasteiger partial charge is 0.0468 e. The molecular formula is C27H29N. The van der Waals surface area contributed by atoms with Gasteiger partial charge in [-0.1, -0.05) is 77.9 Å². The summed E-state index contributed by atoms with van der Waals surface area (Å²) in [4.78, 5) is 3.68. The van der Waals surface area contributed by atoms with E-state index in [9.17, 15) is 0 Å². The summed E-state index contributed by atoms with van der Waals surface area (Å²) in [6.45, 7) is 14.5. The number of aromatic nitrogens is 1. The van der Waals surface area contributed by atoms with Gasteiger partial charge in [-0.15, -0.1) is 0 Å². The molecule has 28 heavy (non-hydrogen) atoms. The van der Waals surface area contributed by atoms with Crippen LogP contribution in [0.3, 0.4) is 0 Å². The van der Waals surface area contributed by atoms with Gasteiger partial charge in [-0.3, -0.25) is 0 Å². The topological polar surface area (TPSA) is 15.8 Å². The maximum absolute atomic E-state index is 3.68. The van der Waals surface area contributed by atoms with Gasteiger partial charge in [-0.25, -0.2) is 0 Å². The number of nitrogens with one attached hydrogen (secondary N) is 1. The summed E-state index contributed by atoms with van der Waals surface area (Å²) < 4.78 is 0. The van der Waals surface area contributed by atoms with Gasteiger partial charge in [-0.05, 0) is 62.8 Å². The SMILES string of the molecule is CC1(C)c2cc3[nH]c4ccc(-c5ccccc5)cc4c3cc2C(C)(C)C1(C)C. The van der Waals surface area contributed by atoms with E-state index in [2.05, 4.69) is 107 Å². The van der Waals surface area contributed by atoms with Crippen molar-refractivity contribution in [3.05, 3.63) is 71.8 Å². The van der Waals surface area contributed by atoms with Gasteiger partial charge in [0.1, 0.15) is 0 Å². The van der Waals surface area contributed by atoms with Crippen LogP contribution in [0.5, 0.6) is 0 Å². The summed E-state index contributed by atoms with van der Waals surface area (Å²) in [6.07, 6.45) is 0. The second-order valence-electron chi connectivity index (χ2n) is 10.1. The van der Waals surface area contributed by atoms with Crippen molar-refractivity contribution in [3.63, 3.8) is 0 Å². The third kappa shape index (κ3) is 2.02. The van der Waals surface area contributed by atoms with Crippen LogP contribution in [0, 0.1) is 5.41 Å². The van der Waals surface area contributed by atoms with Crippen LogP contribution in [-0.4, -0.2) is 4.98 Å². The normalized spacial score (nSPS) is 19.2. The zero-order chi connectivity index (χ0) is 19.9. The van der Waals surface area contributed by atoms with Crippen molar-refractivity contribution in [1.82, 2.24) is 4.98 Å². The molecule has 4 aromatic rings. The predicted molar refractivity (Wildman–Crippen MR) is 121 cm³/mol. The lowest BCUT2D eigenvalue weighted by atomic mass is 9.59. The first kappa shape index (κ1) is 17.6. The van der Waals surface area contributed by atoms with E-state index in [0.717, 1.165) is 0 Å². The third-order valence-corrected chi connectivity index (χ3v) is 8.32. The summed E-state index contributed by atoms with van der Waals surface area (Å²) in [5, 5.41) is 2.66. The monoisotopic (exact) mass is 367 g/mol. The molecule has 0 atom stereocenters. The second kappa shape index (κ2) is 5.29. The quantitative estimate of drug-likeness (QED) is 0.357. The predicted octanol–water partition coefficient (Wildman–Crippen LogP) is 7.58. The first-order chi connectivity index (χ1) is 13.1. The van der Waals surface area contributed by atoms with Crippen molar-refractivity contribution in [1.29, 1.82) is 0 Å². The Labute approximate surface area is 167 Å². The maximum atomic E-state index is 3.68. The lowest BCUT2D eigenvalue weighted by molar-refractivity contribution is 0.125. The molecule has 1 aliphatic rings. The van der Waals surface area contributed by atoms with Gasteiger partial charge >= 0.3 is 0 Å². The lowest BCUT2D eigenvalue weighted by Gasteiger charge is -2.44. The summed E-state index contributed by atoms with van der Waals surface area (Å²) in [7, 11) is 0. The molecule has 1 aliphatic carbocycles. The Morgan fingerprint density at radius 2 is 1.18 bits per heavy atom. The van der Waals surface area contributed by atoms with Crippen LogP contribution >= 0.6 is 0 Å². The van der Waals surface area contributed by atoms with Crippen LogP contribution in [0.2, 0.25) is 0 Å². The molecule has 5 rings (SSSR count). The third-order valence-electron chi connectivity index (χ3n) is 8.32. The Bertz CT molecular complexity index is 1220. The summed E-state index contributed by atoms with van der Waals surface area (Å²) in [5.41, 5.74) is 8.44. The molecule has 0 spiro atoms. The molecule has 0 saturated carbocycles. The summed E-state index contributed by atoms with van der Waals surface area (Å²) in [6, 6.07) is 22.3. The highest BCUT2D eigenvalue weighted by molar-refractivity contribution is 6.09. The van der Waals surface area contributed by atoms with E-state index < -0.39 is 0 Å². The maximum Gasteiger partial charge on any atom is 0.0468 e. The minimum absolute atomic E-state index is 0.126. The Balaban J connectivity index is 1.80. The molecule has 0 amide bonds. The van der Waals surface area contributed by atoms with Crippen LogP contribution in [0.15, 0.2) is 60.7 Å². The molecule has 0 radical (unpaired) electrons. The van der Waals surface area contributed by atoms with Gasteiger partial charge in [0.25, 0.3) is 0 Å². The molecule has 0 bridgehead atoms. The van der Waals surface area contributed by atoms with Gasteiger partial charge in [0.15, 0.2) is 0 Å². The van der Waals surface area contributed by atoms with Crippen molar-refractivity contribution in [2.24, 2.45) is 5.41 Å². The number of hydrogen-bond acceptors (Lipinski definition) is 0. The van der Waals surface area contributed by atoms with E-state index in [4.69, 9.17) is 0 Å². The Morgan fingerprint density at radius 3 is 1.86 bits per heavy atom. The van der Waals surface area contributed by atoms with Crippen molar-refractivity contribution in [2.45, 2.75) is 52.4 Å². The molecule has 0 unspecified atom stereocenters. The minimum atomic E-state index is 0.126. The van der Waals surface area contributed by atoms with Gasteiger partial charge in [0.2, 0.25) is 0 Å². The fourth-order valence-corrected chi connectivity index (χ4v) is 5.25. The van der Waals surface area contributed by atoms with Gasteiger partial charge in [0, 0.05) is 21.8 Å². The molecule has 1 heterocycles. The van der Waals surface area contributed by atoms with Crippen LogP contribution in [0.1, 0.15) is 52.7 Å². The lowest BCUT2D eigenvalue weighted by Crippen LogP contribution is -2.42. The summed E-state index contributed by atoms with van der Waals surface area (Å²) in [5.74, 6) is 0. The van der Waals surface area contributed by atoms with Crippen molar-refractivity contribution in [3.8, 4) is 11.1 Å². The summed E-state index contributed by atoms with van der Waals surface area (Å²) >= 11 is 0. The molecule has 0 fully saturated rings. The highest BCUT2D eigenvalue weighted by Crippen LogP contribution is 2.62. The molecule has 0 saturated heterocycles. The number of fused-ring (bicyclic) bond motifs is 4. The fraction of sp³-hybridized carbons (Fsp3) is 0.333. The number of aromatic amines is 1. The van der Waals surface area contributed by atoms with Crippen molar-refractivity contribution in [2.75, 3.05) is 0 Å². The van der Waals surface area contributed by atoms with E-state index in [-0.39, 0.29) is 16.2 Å². The largest absolute Gasteiger partial charge is 0.355 e. The molecule has 1 heteroatoms. The second-order valence-corrected chi connectivity index (χ2v) is 10.1. The Hall–Kier alpha value is -2.54. The Morgan fingerprint density at radius 1 is 0.571 bits per heavy atom. The van der Waals surface area contributed by atoms with Gasteiger partial charge in [-0.2, -0.15) is 0 Å². The van der Waals surface area contributed by atoms with Crippen molar-refractivity contribution < 1.29 is 0 Å². The van der Waals surface area contributed by atoms with Crippen LogP contribution in [-0.2, 0) is 10.8 Å². The molecule has 3 aromatic carbocycles. The van der Waals surface area contributed by atoms with Gasteiger partial charge in [0.05, 0.1) is 0 Å². The molecular weight excluding hydrogens is 338 g/mol. The molecule has 0 aliphatic heterocycles. The molecule has 142 valence electrons. The number of rotatable bonds is 1. The molecule has 1 N–H and O–H groups in total. The average Bonchev–Trinajstić information content (AvgIpc) is 3.08. The Kier molecular flexibility index (Phi) is 3.31. The zero-order valence-corrected chi connectivity index (χ0v) is 17.8. The van der Waals surface area contributed by atoms with Crippen LogP contribution < -0.4 is 0 Å². The van der Waals surface area contributed by atoms with Crippen LogP contribution in [0.25, 0.3) is 32.9 Å². The van der Waals surface area contributed by atoms with E-state index >= 15 is 0 Å². The minimum Gasteiger partial charge on any atom is -0.355 e. The first-order valence-electron chi connectivity index (χ1n) is 10.3.